The monoisotopic (exact) mass is 304 g/mol. The van der Waals surface area contributed by atoms with Gasteiger partial charge < -0.3 is 9.88 Å². The summed E-state index contributed by atoms with van der Waals surface area (Å²) in [6.07, 6.45) is 4.17. The van der Waals surface area contributed by atoms with Crippen LogP contribution in [0.15, 0.2) is 54.7 Å². The van der Waals surface area contributed by atoms with Gasteiger partial charge in [-0.2, -0.15) is 0 Å². The van der Waals surface area contributed by atoms with Crippen molar-refractivity contribution >= 4 is 16.8 Å². The zero-order valence-corrected chi connectivity index (χ0v) is 13.3. The lowest BCUT2D eigenvalue weighted by atomic mass is 9.97. The summed E-state index contributed by atoms with van der Waals surface area (Å²) in [4.78, 5) is 18.2. The van der Waals surface area contributed by atoms with Crippen LogP contribution in [0.1, 0.15) is 47.3 Å². The first-order chi connectivity index (χ1) is 11.3. The molecular formula is C20H20N2O. The molecule has 3 nitrogen and oxygen atoms in total. The van der Waals surface area contributed by atoms with E-state index in [1.54, 1.807) is 0 Å². The predicted octanol–water partition coefficient (Wildman–Crippen LogP) is 4.51. The van der Waals surface area contributed by atoms with Gasteiger partial charge in [-0.05, 0) is 24.1 Å². The lowest BCUT2D eigenvalue weighted by Crippen LogP contribution is -2.29. The van der Waals surface area contributed by atoms with Crippen LogP contribution < -0.4 is 0 Å². The largest absolute Gasteiger partial charge is 0.361 e. The summed E-state index contributed by atoms with van der Waals surface area (Å²) >= 11 is 0. The van der Waals surface area contributed by atoms with Gasteiger partial charge in [0.2, 0.25) is 0 Å². The number of hydrogen-bond acceptors (Lipinski definition) is 1. The Morgan fingerprint density at radius 2 is 1.83 bits per heavy atom. The molecular weight excluding hydrogens is 284 g/mol. The Morgan fingerprint density at radius 1 is 1.04 bits per heavy atom. The summed E-state index contributed by atoms with van der Waals surface area (Å²) in [7, 11) is 0. The van der Waals surface area contributed by atoms with Crippen LogP contribution in [0.2, 0.25) is 0 Å². The molecule has 1 aliphatic heterocycles. The zero-order chi connectivity index (χ0) is 15.8. The third kappa shape index (κ3) is 2.15. The Kier molecular flexibility index (Phi) is 3.41. The Hall–Kier alpha value is -2.55. The van der Waals surface area contributed by atoms with Gasteiger partial charge in [-0.1, -0.05) is 49.7 Å². The van der Waals surface area contributed by atoms with Gasteiger partial charge in [0, 0.05) is 34.8 Å². The molecule has 1 aliphatic rings. The lowest BCUT2D eigenvalue weighted by molar-refractivity contribution is 0.0748. The highest BCUT2D eigenvalue weighted by atomic mass is 16.2. The second kappa shape index (κ2) is 5.58. The average molecular weight is 304 g/mol. The number of carbonyl (C=O) groups is 1. The van der Waals surface area contributed by atoms with Gasteiger partial charge >= 0.3 is 0 Å². The third-order valence-electron chi connectivity index (χ3n) is 4.73. The molecule has 0 aliphatic carbocycles. The Labute approximate surface area is 135 Å². The summed E-state index contributed by atoms with van der Waals surface area (Å²) in [5, 5.41) is 1.20. The molecule has 1 aromatic heterocycles. The molecule has 3 aromatic rings. The molecule has 3 heteroatoms. The van der Waals surface area contributed by atoms with E-state index >= 15 is 0 Å². The molecule has 0 saturated carbocycles. The van der Waals surface area contributed by atoms with E-state index in [-0.39, 0.29) is 11.9 Å². The SMILES string of the molecule is CCCCN1C(=O)c2ccccc2C1c1c[nH]c2ccccc12. The van der Waals surface area contributed by atoms with Crippen LogP contribution in [-0.4, -0.2) is 22.3 Å². The summed E-state index contributed by atoms with van der Waals surface area (Å²) in [6.45, 7) is 2.96. The van der Waals surface area contributed by atoms with Crippen LogP contribution in [-0.2, 0) is 0 Å². The number of nitrogens with zero attached hydrogens (tertiary/aromatic N) is 1. The molecule has 0 saturated heterocycles. The number of carbonyl (C=O) groups excluding carboxylic acids is 1. The van der Waals surface area contributed by atoms with Crippen LogP contribution in [0.25, 0.3) is 10.9 Å². The maximum absolute atomic E-state index is 12.9. The second-order valence-electron chi connectivity index (χ2n) is 6.13. The first kappa shape index (κ1) is 14.1. The highest BCUT2D eigenvalue weighted by Crippen LogP contribution is 2.41. The lowest BCUT2D eigenvalue weighted by Gasteiger charge is -2.25. The molecule has 0 fully saturated rings. The minimum absolute atomic E-state index is 0.0152. The molecule has 1 amide bonds. The minimum Gasteiger partial charge on any atom is -0.361 e. The topological polar surface area (TPSA) is 36.1 Å². The third-order valence-corrected chi connectivity index (χ3v) is 4.73. The van der Waals surface area contributed by atoms with E-state index in [4.69, 9.17) is 0 Å². The quantitative estimate of drug-likeness (QED) is 0.756. The van der Waals surface area contributed by atoms with Gasteiger partial charge in [-0.3, -0.25) is 4.79 Å². The fraction of sp³-hybridized carbons (Fsp3) is 0.250. The second-order valence-corrected chi connectivity index (χ2v) is 6.13. The Morgan fingerprint density at radius 3 is 2.70 bits per heavy atom. The van der Waals surface area contributed by atoms with E-state index in [0.29, 0.717) is 0 Å². The van der Waals surface area contributed by atoms with E-state index < -0.39 is 0 Å². The first-order valence-corrected chi connectivity index (χ1v) is 8.27. The fourth-order valence-electron chi connectivity index (χ4n) is 3.58. The predicted molar refractivity (Wildman–Crippen MR) is 92.5 cm³/mol. The van der Waals surface area contributed by atoms with Crippen LogP contribution in [0.3, 0.4) is 0 Å². The van der Waals surface area contributed by atoms with E-state index in [0.717, 1.165) is 36.0 Å². The molecule has 1 atom stereocenters. The van der Waals surface area contributed by atoms with Crippen molar-refractivity contribution < 1.29 is 4.79 Å². The van der Waals surface area contributed by atoms with Gasteiger partial charge in [-0.15, -0.1) is 0 Å². The average Bonchev–Trinajstić information content (AvgIpc) is 3.13. The van der Waals surface area contributed by atoms with Crippen LogP contribution in [0, 0.1) is 0 Å². The molecule has 4 rings (SSSR count). The number of benzene rings is 2. The molecule has 116 valence electrons. The number of unbranched alkanes of at least 4 members (excludes halogenated alkanes) is 1. The van der Waals surface area contributed by atoms with Gasteiger partial charge in [-0.25, -0.2) is 0 Å². The number of fused-ring (bicyclic) bond motifs is 2. The summed E-state index contributed by atoms with van der Waals surface area (Å²) < 4.78 is 0. The van der Waals surface area contributed by atoms with Crippen molar-refractivity contribution in [1.29, 1.82) is 0 Å². The molecule has 0 radical (unpaired) electrons. The first-order valence-electron chi connectivity index (χ1n) is 8.27. The maximum Gasteiger partial charge on any atom is 0.255 e. The van der Waals surface area contributed by atoms with Crippen LogP contribution in [0.5, 0.6) is 0 Å². The highest BCUT2D eigenvalue weighted by Gasteiger charge is 2.37. The fourth-order valence-corrected chi connectivity index (χ4v) is 3.58. The number of hydrogen-bond donors (Lipinski definition) is 1. The smallest absolute Gasteiger partial charge is 0.255 e. The number of para-hydroxylation sites is 1. The minimum atomic E-state index is 0.0152. The number of amides is 1. The maximum atomic E-state index is 12.9. The Bertz CT molecular complexity index is 865. The van der Waals surface area contributed by atoms with Crippen LogP contribution in [0.4, 0.5) is 0 Å². The van der Waals surface area contributed by atoms with Crippen molar-refractivity contribution in [3.8, 4) is 0 Å². The molecule has 1 N–H and O–H groups in total. The highest BCUT2D eigenvalue weighted by molar-refractivity contribution is 6.00. The molecule has 23 heavy (non-hydrogen) atoms. The molecule has 2 heterocycles. The molecule has 1 unspecified atom stereocenters. The van der Waals surface area contributed by atoms with E-state index in [1.165, 1.54) is 10.9 Å². The van der Waals surface area contributed by atoms with E-state index in [1.807, 2.05) is 29.2 Å². The Balaban J connectivity index is 1.87. The summed E-state index contributed by atoms with van der Waals surface area (Å²) in [5.74, 6) is 0.157. The van der Waals surface area contributed by atoms with Crippen molar-refractivity contribution in [2.75, 3.05) is 6.54 Å². The summed E-state index contributed by atoms with van der Waals surface area (Å²) in [5.41, 5.74) is 4.28. The summed E-state index contributed by atoms with van der Waals surface area (Å²) in [6, 6.07) is 16.3. The van der Waals surface area contributed by atoms with Gasteiger partial charge in [0.15, 0.2) is 0 Å². The zero-order valence-electron chi connectivity index (χ0n) is 13.3. The number of aromatic amines is 1. The molecule has 0 spiro atoms. The van der Waals surface area contributed by atoms with Crippen molar-refractivity contribution in [1.82, 2.24) is 9.88 Å². The van der Waals surface area contributed by atoms with E-state index in [2.05, 4.69) is 42.4 Å². The normalized spacial score (nSPS) is 17.0. The van der Waals surface area contributed by atoms with Gasteiger partial charge in [0.05, 0.1) is 6.04 Å². The van der Waals surface area contributed by atoms with E-state index in [9.17, 15) is 4.79 Å². The molecule has 0 bridgehead atoms. The number of aromatic nitrogens is 1. The van der Waals surface area contributed by atoms with Crippen molar-refractivity contribution in [2.24, 2.45) is 0 Å². The number of nitrogens with one attached hydrogen (secondary N) is 1. The van der Waals surface area contributed by atoms with Gasteiger partial charge in [0.1, 0.15) is 0 Å². The number of H-pyrrole nitrogens is 1. The van der Waals surface area contributed by atoms with Crippen molar-refractivity contribution in [3.05, 3.63) is 71.4 Å². The number of rotatable bonds is 4. The van der Waals surface area contributed by atoms with Crippen molar-refractivity contribution in [3.63, 3.8) is 0 Å². The van der Waals surface area contributed by atoms with Crippen LogP contribution >= 0.6 is 0 Å². The standard InChI is InChI=1S/C20H20N2O/c1-2-3-12-22-19(15-9-4-5-10-16(15)20(22)23)17-13-21-18-11-7-6-8-14(17)18/h4-11,13,19,21H,2-3,12H2,1H3. The molecule has 2 aromatic carbocycles. The van der Waals surface area contributed by atoms with Crippen molar-refractivity contribution in [2.45, 2.75) is 25.8 Å². The van der Waals surface area contributed by atoms with Gasteiger partial charge in [0.25, 0.3) is 5.91 Å².